The molecular formula is C20H23N9O7S3. The lowest BCUT2D eigenvalue weighted by Crippen LogP contribution is -2.71. The zero-order valence-corrected chi connectivity index (χ0v) is 22.6. The number of nitrogens with zero attached hydrogens (tertiary/aromatic N) is 5. The van der Waals surface area contributed by atoms with Crippen molar-refractivity contribution >= 4 is 80.5 Å². The van der Waals surface area contributed by atoms with Crippen LogP contribution in [-0.4, -0.2) is 108 Å². The normalized spacial score (nSPS) is 23.2. The minimum atomic E-state index is -1.31. The number of amides is 2. The van der Waals surface area contributed by atoms with Crippen molar-refractivity contribution in [3.8, 4) is 0 Å². The first kappa shape index (κ1) is 28.3. The van der Waals surface area contributed by atoms with Gasteiger partial charge in [0.25, 0.3) is 11.8 Å². The van der Waals surface area contributed by atoms with E-state index in [1.807, 2.05) is 0 Å². The van der Waals surface area contributed by atoms with Crippen LogP contribution in [0.15, 0.2) is 26.8 Å². The Morgan fingerprint density at radius 2 is 2.13 bits per heavy atom. The maximum atomic E-state index is 13.0. The highest BCUT2D eigenvalue weighted by Gasteiger charge is 2.54. The summed E-state index contributed by atoms with van der Waals surface area (Å²) in [7, 11) is 1.73. The molecule has 8 N–H and O–H groups in total. The second kappa shape index (κ2) is 11.6. The Morgan fingerprint density at radius 1 is 1.38 bits per heavy atom. The highest BCUT2D eigenvalue weighted by atomic mass is 32.2. The summed E-state index contributed by atoms with van der Waals surface area (Å²) in [4.78, 5) is 64.6. The van der Waals surface area contributed by atoms with Gasteiger partial charge in [0.15, 0.2) is 16.0 Å². The molecule has 3 atom stereocenters. The maximum absolute atomic E-state index is 13.0. The van der Waals surface area contributed by atoms with Crippen LogP contribution in [-0.2, 0) is 24.0 Å². The quantitative estimate of drug-likeness (QED) is 0.113. The maximum Gasteiger partial charge on any atom is 0.352 e. The Labute approximate surface area is 233 Å². The number of fused-ring (bicyclic) bond motifs is 1. The van der Waals surface area contributed by atoms with E-state index in [1.165, 1.54) is 28.9 Å². The summed E-state index contributed by atoms with van der Waals surface area (Å²) in [6, 6.07) is -1.07. The fourth-order valence-corrected chi connectivity index (χ4v) is 6.84. The third-order valence-corrected chi connectivity index (χ3v) is 8.81. The van der Waals surface area contributed by atoms with Gasteiger partial charge in [-0.15, -0.1) is 23.1 Å². The Kier molecular flexibility index (Phi) is 8.42. The van der Waals surface area contributed by atoms with E-state index >= 15 is 0 Å². The van der Waals surface area contributed by atoms with Crippen LogP contribution in [0.5, 0.6) is 0 Å². The van der Waals surface area contributed by atoms with Crippen molar-refractivity contribution < 1.29 is 34.2 Å². The molecule has 4 heterocycles. The number of thiazole rings is 1. The molecule has 39 heavy (non-hydrogen) atoms. The van der Waals surface area contributed by atoms with E-state index in [2.05, 4.69) is 20.4 Å². The SMILES string of the molecule is CN1C(SCC2=C(C(=O)O)N3C(=O)C(NC(=O)C(=NOCC(=O)O)c4csc(N)n4)[C@@H]3SC2)=NC(=N)CC1N. The number of oxime groups is 1. The lowest BCUT2D eigenvalue weighted by Gasteiger charge is -2.49. The van der Waals surface area contributed by atoms with Crippen molar-refractivity contribution in [2.45, 2.75) is 24.0 Å². The number of rotatable bonds is 9. The molecular weight excluding hydrogens is 574 g/mol. The van der Waals surface area contributed by atoms with Gasteiger partial charge in [0.1, 0.15) is 28.6 Å². The van der Waals surface area contributed by atoms with E-state index in [0.717, 1.165) is 16.2 Å². The zero-order chi connectivity index (χ0) is 28.4. The standard InChI is InChI=1S/C20H23N9O7S3/c1-28-10(22)2-9(21)25-20(28)39-5-7-4-37-17-13(16(33)29(17)14(7)18(34)35)26-15(32)12(27-36-3-11(30)31)8-6-38-19(23)24-8/h6,10,13,17,21H,2-5,22H2,1H3,(H2,23,24)(H,26,32)(H,30,31)(H,34,35)/t10?,13?,17-/m0/s1. The second-order valence-corrected chi connectivity index (χ2v) is 11.2. The van der Waals surface area contributed by atoms with Crippen LogP contribution in [0.25, 0.3) is 0 Å². The van der Waals surface area contributed by atoms with Gasteiger partial charge in [-0.1, -0.05) is 16.9 Å². The second-order valence-electron chi connectivity index (χ2n) is 8.31. The summed E-state index contributed by atoms with van der Waals surface area (Å²) in [6.45, 7) is -0.812. The van der Waals surface area contributed by atoms with E-state index in [1.54, 1.807) is 11.9 Å². The number of nitrogens with one attached hydrogen (secondary N) is 2. The number of aliphatic imine (C=N–C) groups is 1. The number of aromatic nitrogens is 1. The van der Waals surface area contributed by atoms with E-state index in [-0.39, 0.29) is 39.6 Å². The van der Waals surface area contributed by atoms with Crippen molar-refractivity contribution in [3.63, 3.8) is 0 Å². The summed E-state index contributed by atoms with van der Waals surface area (Å²) < 4.78 is 0. The van der Waals surface area contributed by atoms with Gasteiger partial charge in [0.05, 0.1) is 6.17 Å². The van der Waals surface area contributed by atoms with E-state index in [4.69, 9.17) is 26.8 Å². The van der Waals surface area contributed by atoms with Gasteiger partial charge >= 0.3 is 11.9 Å². The lowest BCUT2D eigenvalue weighted by molar-refractivity contribution is -0.150. The van der Waals surface area contributed by atoms with Crippen molar-refractivity contribution in [1.29, 1.82) is 5.41 Å². The summed E-state index contributed by atoms with van der Waals surface area (Å²) in [5.74, 6) is -3.52. The minimum Gasteiger partial charge on any atom is -0.479 e. The average molecular weight is 598 g/mol. The number of β-lactam (4-membered cyclic amide) rings is 1. The lowest BCUT2D eigenvalue weighted by atomic mass is 10.0. The van der Waals surface area contributed by atoms with Crippen LogP contribution in [0.2, 0.25) is 0 Å². The number of amidine groups is 2. The summed E-state index contributed by atoms with van der Waals surface area (Å²) in [6.07, 6.45) is -0.120. The zero-order valence-electron chi connectivity index (χ0n) is 20.2. The number of nitrogens with two attached hydrogens (primary N) is 2. The number of nitrogen functional groups attached to an aromatic ring is 1. The van der Waals surface area contributed by atoms with Gasteiger partial charge in [0, 0.05) is 30.4 Å². The Hall–Kier alpha value is -3.68. The monoisotopic (exact) mass is 597 g/mol. The molecule has 1 saturated heterocycles. The van der Waals surface area contributed by atoms with Gasteiger partial charge < -0.3 is 36.7 Å². The van der Waals surface area contributed by atoms with Crippen molar-refractivity contribution in [3.05, 3.63) is 22.3 Å². The Bertz CT molecular complexity index is 1330. The van der Waals surface area contributed by atoms with Crippen molar-refractivity contribution in [2.24, 2.45) is 15.9 Å². The van der Waals surface area contributed by atoms with Gasteiger partial charge in [0.2, 0.25) is 6.61 Å². The molecule has 3 aliphatic heterocycles. The molecule has 0 saturated carbocycles. The number of carbonyl (C=O) groups is 4. The molecule has 3 aliphatic rings. The number of hydrogen-bond acceptors (Lipinski definition) is 14. The number of carboxylic acids is 2. The molecule has 19 heteroatoms. The largest absolute Gasteiger partial charge is 0.479 e. The highest BCUT2D eigenvalue weighted by Crippen LogP contribution is 2.41. The molecule has 2 unspecified atom stereocenters. The fraction of sp³-hybridized carbons (Fsp3) is 0.400. The highest BCUT2D eigenvalue weighted by molar-refractivity contribution is 8.14. The van der Waals surface area contributed by atoms with Crippen molar-refractivity contribution in [1.82, 2.24) is 20.1 Å². The third kappa shape index (κ3) is 6.00. The van der Waals surface area contributed by atoms with Crippen LogP contribution in [0, 0.1) is 5.41 Å². The van der Waals surface area contributed by atoms with Crippen LogP contribution in [0.3, 0.4) is 0 Å². The van der Waals surface area contributed by atoms with Gasteiger partial charge in [-0.25, -0.2) is 19.6 Å². The first-order valence-corrected chi connectivity index (χ1v) is 14.0. The summed E-state index contributed by atoms with van der Waals surface area (Å²) >= 11 is 3.51. The van der Waals surface area contributed by atoms with Gasteiger partial charge in [-0.2, -0.15) is 0 Å². The minimum absolute atomic E-state index is 0.0224. The topological polar surface area (TPSA) is 250 Å². The van der Waals surface area contributed by atoms with E-state index in [9.17, 15) is 24.3 Å². The molecule has 2 amide bonds. The van der Waals surface area contributed by atoms with Crippen LogP contribution < -0.4 is 16.8 Å². The molecule has 0 aliphatic carbocycles. The predicted octanol–water partition coefficient (Wildman–Crippen LogP) is -1.04. The van der Waals surface area contributed by atoms with Crippen LogP contribution in [0.4, 0.5) is 5.13 Å². The molecule has 208 valence electrons. The molecule has 1 aromatic heterocycles. The first-order chi connectivity index (χ1) is 18.5. The number of carbonyl (C=O) groups excluding carboxylic acids is 2. The molecule has 1 aromatic rings. The summed E-state index contributed by atoms with van der Waals surface area (Å²) in [5, 5.41) is 33.9. The van der Waals surface area contributed by atoms with Gasteiger partial charge in [-0.3, -0.25) is 19.9 Å². The average Bonchev–Trinajstić information content (AvgIpc) is 3.30. The fourth-order valence-electron chi connectivity index (χ4n) is 3.76. The van der Waals surface area contributed by atoms with Crippen LogP contribution >= 0.6 is 34.9 Å². The molecule has 0 spiro atoms. The molecule has 0 bridgehead atoms. The number of hydrogen-bond donors (Lipinski definition) is 6. The molecule has 4 rings (SSSR count). The first-order valence-electron chi connectivity index (χ1n) is 11.1. The summed E-state index contributed by atoms with van der Waals surface area (Å²) in [5.41, 5.74) is 11.6. The number of thioether (sulfide) groups is 2. The van der Waals surface area contributed by atoms with Crippen LogP contribution in [0.1, 0.15) is 12.1 Å². The number of carboxylic acid groups (broad SMARTS) is 2. The number of aliphatic carboxylic acids is 2. The predicted molar refractivity (Wildman–Crippen MR) is 144 cm³/mol. The molecule has 0 radical (unpaired) electrons. The third-order valence-electron chi connectivity index (χ3n) is 5.67. The Morgan fingerprint density at radius 3 is 2.77 bits per heavy atom. The number of anilines is 1. The molecule has 0 aromatic carbocycles. The van der Waals surface area contributed by atoms with Gasteiger partial charge in [-0.05, 0) is 5.57 Å². The van der Waals surface area contributed by atoms with E-state index in [0.29, 0.717) is 17.2 Å². The Balaban J connectivity index is 1.49. The smallest absolute Gasteiger partial charge is 0.352 e. The molecule has 1 fully saturated rings. The molecule has 16 nitrogen and oxygen atoms in total. The van der Waals surface area contributed by atoms with Crippen molar-refractivity contribution in [2.75, 3.05) is 30.9 Å². The van der Waals surface area contributed by atoms with E-state index < -0.39 is 47.9 Å².